The third kappa shape index (κ3) is 3.22. The maximum Gasteiger partial charge on any atom is 0.151 e. The fourth-order valence-corrected chi connectivity index (χ4v) is 1.29. The molecule has 0 bridgehead atoms. The van der Waals surface area contributed by atoms with Crippen LogP contribution in [0.25, 0.3) is 0 Å². The van der Waals surface area contributed by atoms with Crippen LogP contribution >= 0.6 is 11.6 Å². The molecule has 2 rings (SSSR count). The Morgan fingerprint density at radius 1 is 1.29 bits per heavy atom. The van der Waals surface area contributed by atoms with Gasteiger partial charge in [0.2, 0.25) is 0 Å². The van der Waals surface area contributed by atoms with E-state index in [1.165, 1.54) is 24.7 Å². The zero-order valence-electron chi connectivity index (χ0n) is 8.64. The second kappa shape index (κ2) is 5.36. The lowest BCUT2D eigenvalue weighted by Crippen LogP contribution is -1.95. The molecule has 0 atom stereocenters. The predicted molar refractivity (Wildman–Crippen MR) is 64.7 cm³/mol. The first-order valence-electron chi connectivity index (χ1n) is 4.77. The van der Waals surface area contributed by atoms with E-state index in [0.717, 1.165) is 0 Å². The fraction of sp³-hybridized carbons (Fsp3) is 0. The van der Waals surface area contributed by atoms with Crippen molar-refractivity contribution in [1.82, 2.24) is 9.97 Å². The van der Waals surface area contributed by atoms with Crippen LogP contribution in [0.1, 0.15) is 5.56 Å². The van der Waals surface area contributed by atoms with Crippen molar-refractivity contribution in [2.45, 2.75) is 0 Å². The van der Waals surface area contributed by atoms with E-state index in [1.807, 2.05) is 0 Å². The number of benzene rings is 1. The molecular formula is C11H8ClFN4. The van der Waals surface area contributed by atoms with Gasteiger partial charge in [0.25, 0.3) is 0 Å². The van der Waals surface area contributed by atoms with E-state index in [1.54, 1.807) is 18.2 Å². The summed E-state index contributed by atoms with van der Waals surface area (Å²) in [6.45, 7) is 0. The van der Waals surface area contributed by atoms with Gasteiger partial charge in [0.1, 0.15) is 17.3 Å². The lowest BCUT2D eigenvalue weighted by atomic mass is 10.2. The molecule has 0 unspecified atom stereocenters. The van der Waals surface area contributed by atoms with Gasteiger partial charge in [-0.25, -0.2) is 14.4 Å². The van der Waals surface area contributed by atoms with E-state index < -0.39 is 0 Å². The summed E-state index contributed by atoms with van der Waals surface area (Å²) in [5.74, 6) is 0.108. The molecule has 0 aliphatic heterocycles. The third-order valence-electron chi connectivity index (χ3n) is 1.92. The van der Waals surface area contributed by atoms with Crippen molar-refractivity contribution in [3.05, 3.63) is 53.2 Å². The number of rotatable bonds is 3. The normalized spacial score (nSPS) is 10.7. The molecule has 0 saturated heterocycles. The first-order valence-corrected chi connectivity index (χ1v) is 5.14. The van der Waals surface area contributed by atoms with E-state index >= 15 is 0 Å². The average molecular weight is 251 g/mol. The molecule has 0 amide bonds. The monoisotopic (exact) mass is 250 g/mol. The predicted octanol–water partition coefficient (Wildman–Crippen LogP) is 2.72. The van der Waals surface area contributed by atoms with Crippen molar-refractivity contribution in [2.75, 3.05) is 5.43 Å². The highest BCUT2D eigenvalue weighted by molar-refractivity contribution is 6.29. The van der Waals surface area contributed by atoms with Gasteiger partial charge in [-0.1, -0.05) is 29.8 Å². The molecule has 0 aliphatic rings. The van der Waals surface area contributed by atoms with Gasteiger partial charge < -0.3 is 0 Å². The zero-order chi connectivity index (χ0) is 12.1. The minimum Gasteiger partial charge on any atom is -0.261 e. The quantitative estimate of drug-likeness (QED) is 0.518. The van der Waals surface area contributed by atoms with Crippen LogP contribution in [0.2, 0.25) is 5.15 Å². The molecule has 1 aromatic heterocycles. The lowest BCUT2D eigenvalue weighted by molar-refractivity contribution is 0.626. The SMILES string of the molecule is Fc1ccccc1/C=N\Nc1cc(Cl)ncn1. The molecule has 86 valence electrons. The van der Waals surface area contributed by atoms with Gasteiger partial charge in [-0.15, -0.1) is 0 Å². The first kappa shape index (κ1) is 11.5. The van der Waals surface area contributed by atoms with Crippen LogP contribution in [0.4, 0.5) is 10.2 Å². The van der Waals surface area contributed by atoms with E-state index in [0.29, 0.717) is 16.5 Å². The second-order valence-corrected chi connectivity index (χ2v) is 3.50. The largest absolute Gasteiger partial charge is 0.261 e. The van der Waals surface area contributed by atoms with E-state index in [-0.39, 0.29) is 5.82 Å². The highest BCUT2D eigenvalue weighted by Crippen LogP contribution is 2.08. The Labute approximate surface area is 102 Å². The van der Waals surface area contributed by atoms with Crippen LogP contribution in [0.5, 0.6) is 0 Å². The average Bonchev–Trinajstić information content (AvgIpc) is 2.32. The van der Waals surface area contributed by atoms with E-state index in [2.05, 4.69) is 20.5 Å². The topological polar surface area (TPSA) is 50.2 Å². The summed E-state index contributed by atoms with van der Waals surface area (Å²) in [6.07, 6.45) is 2.68. The Balaban J connectivity index is 2.06. The molecule has 1 aromatic carbocycles. The van der Waals surface area contributed by atoms with Crippen LogP contribution in [-0.4, -0.2) is 16.2 Å². The highest BCUT2D eigenvalue weighted by atomic mass is 35.5. The van der Waals surface area contributed by atoms with Crippen LogP contribution in [-0.2, 0) is 0 Å². The molecule has 0 spiro atoms. The Hall–Kier alpha value is -2.01. The number of hydrazone groups is 1. The highest BCUT2D eigenvalue weighted by Gasteiger charge is 1.96. The van der Waals surface area contributed by atoms with Crippen molar-refractivity contribution in [3.8, 4) is 0 Å². The number of anilines is 1. The van der Waals surface area contributed by atoms with Gasteiger partial charge in [0, 0.05) is 11.6 Å². The molecule has 1 N–H and O–H groups in total. The van der Waals surface area contributed by atoms with Crippen molar-refractivity contribution in [1.29, 1.82) is 0 Å². The van der Waals surface area contributed by atoms with Gasteiger partial charge in [-0.2, -0.15) is 5.10 Å². The number of hydrogen-bond donors (Lipinski definition) is 1. The number of hydrogen-bond acceptors (Lipinski definition) is 4. The van der Waals surface area contributed by atoms with Crippen molar-refractivity contribution in [3.63, 3.8) is 0 Å². The summed E-state index contributed by atoms with van der Waals surface area (Å²) in [7, 11) is 0. The summed E-state index contributed by atoms with van der Waals surface area (Å²) in [5, 5.41) is 4.16. The lowest BCUT2D eigenvalue weighted by Gasteiger charge is -1.98. The Bertz CT molecular complexity index is 544. The van der Waals surface area contributed by atoms with Crippen LogP contribution in [0.15, 0.2) is 41.8 Å². The second-order valence-electron chi connectivity index (χ2n) is 3.12. The van der Waals surface area contributed by atoms with Crippen LogP contribution < -0.4 is 5.43 Å². The summed E-state index contributed by atoms with van der Waals surface area (Å²) >= 11 is 5.66. The molecule has 1 heterocycles. The van der Waals surface area contributed by atoms with Gasteiger partial charge in [-0.3, -0.25) is 5.43 Å². The van der Waals surface area contributed by atoms with Gasteiger partial charge >= 0.3 is 0 Å². The molecule has 17 heavy (non-hydrogen) atoms. The van der Waals surface area contributed by atoms with E-state index in [9.17, 15) is 4.39 Å². The molecule has 0 radical (unpaired) electrons. The van der Waals surface area contributed by atoms with Gasteiger partial charge in [0.05, 0.1) is 6.21 Å². The Morgan fingerprint density at radius 3 is 2.88 bits per heavy atom. The number of aromatic nitrogens is 2. The Kier molecular flexibility index (Phi) is 3.62. The van der Waals surface area contributed by atoms with Crippen LogP contribution in [0, 0.1) is 5.82 Å². The molecular weight excluding hydrogens is 243 g/mol. The summed E-state index contributed by atoms with van der Waals surface area (Å²) in [5.41, 5.74) is 3.02. The molecule has 0 saturated carbocycles. The van der Waals surface area contributed by atoms with Gasteiger partial charge in [-0.05, 0) is 6.07 Å². The molecule has 0 fully saturated rings. The summed E-state index contributed by atoms with van der Waals surface area (Å²) in [4.78, 5) is 7.60. The number of nitrogens with zero attached hydrogens (tertiary/aromatic N) is 3. The summed E-state index contributed by atoms with van der Waals surface area (Å²) in [6, 6.07) is 7.84. The summed E-state index contributed by atoms with van der Waals surface area (Å²) < 4.78 is 13.2. The standard InChI is InChI=1S/C11H8ClFN4/c12-10-5-11(15-7-14-10)17-16-6-8-3-1-2-4-9(8)13/h1-7H,(H,14,15,17)/b16-6-. The Morgan fingerprint density at radius 2 is 2.12 bits per heavy atom. The third-order valence-corrected chi connectivity index (χ3v) is 2.13. The van der Waals surface area contributed by atoms with Crippen LogP contribution in [0.3, 0.4) is 0 Å². The minimum absolute atomic E-state index is 0.309. The van der Waals surface area contributed by atoms with Crippen molar-refractivity contribution >= 4 is 23.6 Å². The molecule has 4 nitrogen and oxygen atoms in total. The maximum absolute atomic E-state index is 13.2. The maximum atomic E-state index is 13.2. The number of halogens is 2. The number of nitrogens with one attached hydrogen (secondary N) is 1. The molecule has 6 heteroatoms. The smallest absolute Gasteiger partial charge is 0.151 e. The molecule has 0 aliphatic carbocycles. The fourth-order valence-electron chi connectivity index (χ4n) is 1.14. The first-order chi connectivity index (χ1) is 8.25. The van der Waals surface area contributed by atoms with Crippen molar-refractivity contribution in [2.24, 2.45) is 5.10 Å². The van der Waals surface area contributed by atoms with E-state index in [4.69, 9.17) is 11.6 Å². The zero-order valence-corrected chi connectivity index (χ0v) is 9.39. The van der Waals surface area contributed by atoms with Gasteiger partial charge in [0.15, 0.2) is 5.82 Å². The minimum atomic E-state index is -0.334. The molecule has 2 aromatic rings. The van der Waals surface area contributed by atoms with Crippen molar-refractivity contribution < 1.29 is 4.39 Å².